The summed E-state index contributed by atoms with van der Waals surface area (Å²) >= 11 is 0. The highest BCUT2D eigenvalue weighted by Crippen LogP contribution is 2.31. The maximum atomic E-state index is 13.7. The first kappa shape index (κ1) is 17.5. The molecule has 2 aromatic rings. The van der Waals surface area contributed by atoms with E-state index in [0.29, 0.717) is 17.7 Å². The average Bonchev–Trinajstić information content (AvgIpc) is 3.01. The van der Waals surface area contributed by atoms with Gasteiger partial charge >= 0.3 is 0 Å². The molecule has 0 radical (unpaired) electrons. The van der Waals surface area contributed by atoms with Crippen LogP contribution in [0.25, 0.3) is 0 Å². The molecular formula is C19H23FN4O. The van der Waals surface area contributed by atoms with Gasteiger partial charge in [0.05, 0.1) is 11.7 Å². The highest BCUT2D eigenvalue weighted by Gasteiger charge is 2.26. The van der Waals surface area contributed by atoms with Crippen LogP contribution in [-0.2, 0) is 6.54 Å². The molecule has 1 saturated heterocycles. The molecule has 2 heterocycles. The van der Waals surface area contributed by atoms with Crippen LogP contribution in [0.2, 0.25) is 0 Å². The summed E-state index contributed by atoms with van der Waals surface area (Å²) in [6, 6.07) is 4.76. The maximum Gasteiger partial charge on any atom is 0.251 e. The molecule has 1 aliphatic rings. The van der Waals surface area contributed by atoms with Crippen molar-refractivity contribution >= 4 is 5.91 Å². The molecule has 25 heavy (non-hydrogen) atoms. The van der Waals surface area contributed by atoms with Crippen LogP contribution in [0.4, 0.5) is 4.39 Å². The molecule has 0 saturated carbocycles. The Balaban J connectivity index is 1.76. The lowest BCUT2D eigenvalue weighted by Crippen LogP contribution is -2.26. The fourth-order valence-corrected chi connectivity index (χ4v) is 3.20. The van der Waals surface area contributed by atoms with Gasteiger partial charge in [-0.25, -0.2) is 14.4 Å². The van der Waals surface area contributed by atoms with Crippen molar-refractivity contribution in [1.82, 2.24) is 20.2 Å². The quantitative estimate of drug-likeness (QED) is 0.928. The van der Waals surface area contributed by atoms with E-state index in [4.69, 9.17) is 0 Å². The third kappa shape index (κ3) is 3.85. The van der Waals surface area contributed by atoms with E-state index in [9.17, 15) is 9.18 Å². The smallest absolute Gasteiger partial charge is 0.251 e. The van der Waals surface area contributed by atoms with Crippen LogP contribution in [0.15, 0.2) is 24.4 Å². The van der Waals surface area contributed by atoms with Crippen LogP contribution in [0.5, 0.6) is 0 Å². The van der Waals surface area contributed by atoms with Crippen molar-refractivity contribution in [3.8, 4) is 0 Å². The van der Waals surface area contributed by atoms with Crippen molar-refractivity contribution in [2.45, 2.75) is 39.3 Å². The number of amides is 1. The molecule has 6 heteroatoms. The second-order valence-electron chi connectivity index (χ2n) is 6.61. The highest BCUT2D eigenvalue weighted by molar-refractivity contribution is 5.94. The number of hydrogen-bond acceptors (Lipinski definition) is 4. The van der Waals surface area contributed by atoms with Gasteiger partial charge in [0.25, 0.3) is 5.91 Å². The Morgan fingerprint density at radius 2 is 2.20 bits per heavy atom. The van der Waals surface area contributed by atoms with E-state index in [0.717, 1.165) is 36.5 Å². The largest absolute Gasteiger partial charge is 0.348 e. The highest BCUT2D eigenvalue weighted by atomic mass is 19.1. The molecule has 1 aromatic carbocycles. The van der Waals surface area contributed by atoms with Crippen molar-refractivity contribution in [3.05, 3.63) is 58.4 Å². The van der Waals surface area contributed by atoms with Crippen molar-refractivity contribution in [2.75, 3.05) is 13.6 Å². The van der Waals surface area contributed by atoms with Crippen LogP contribution in [0, 0.1) is 19.7 Å². The third-order valence-corrected chi connectivity index (χ3v) is 4.73. The zero-order valence-electron chi connectivity index (χ0n) is 14.8. The Bertz CT molecular complexity index is 793. The number of carbonyl (C=O) groups is 1. The van der Waals surface area contributed by atoms with Crippen LogP contribution in [0.1, 0.15) is 51.9 Å². The lowest BCUT2D eigenvalue weighted by molar-refractivity contribution is 0.0950. The number of nitrogens with one attached hydrogen (secondary N) is 1. The van der Waals surface area contributed by atoms with E-state index in [-0.39, 0.29) is 17.8 Å². The minimum absolute atomic E-state index is 0.255. The Labute approximate surface area is 147 Å². The molecule has 5 nitrogen and oxygen atoms in total. The molecule has 132 valence electrons. The number of carbonyl (C=O) groups excluding carboxylic acids is 1. The average molecular weight is 342 g/mol. The summed E-state index contributed by atoms with van der Waals surface area (Å²) in [5.41, 5.74) is 2.72. The molecule has 3 rings (SSSR count). The van der Waals surface area contributed by atoms with Crippen molar-refractivity contribution in [3.63, 3.8) is 0 Å². The molecular weight excluding hydrogens is 319 g/mol. The number of hydrogen-bond donors (Lipinski definition) is 1. The first-order valence-corrected chi connectivity index (χ1v) is 8.52. The summed E-state index contributed by atoms with van der Waals surface area (Å²) in [5, 5.41) is 2.86. The Morgan fingerprint density at radius 1 is 1.40 bits per heavy atom. The number of rotatable bonds is 4. The SMILES string of the molecule is Cc1ncc(CNC(=O)c2ccc(C)c(F)c2)c([C@H]2CCCN2C)n1. The van der Waals surface area contributed by atoms with E-state index in [1.54, 1.807) is 25.3 Å². The first-order chi connectivity index (χ1) is 12.0. The van der Waals surface area contributed by atoms with E-state index >= 15 is 0 Å². The molecule has 1 aromatic heterocycles. The standard InChI is InChI=1S/C19H23FN4O/c1-12-6-7-14(9-16(12)20)19(25)22-11-15-10-21-13(2)23-18(15)17-5-4-8-24(17)3/h6-7,9-10,17H,4-5,8,11H2,1-3H3,(H,22,25)/t17-/m1/s1. The molecule has 0 aliphatic carbocycles. The second-order valence-corrected chi connectivity index (χ2v) is 6.61. The van der Waals surface area contributed by atoms with Crippen LogP contribution in [-0.4, -0.2) is 34.4 Å². The lowest BCUT2D eigenvalue weighted by atomic mass is 10.1. The molecule has 1 aliphatic heterocycles. The zero-order valence-corrected chi connectivity index (χ0v) is 14.8. The van der Waals surface area contributed by atoms with Gasteiger partial charge in [-0.15, -0.1) is 0 Å². The summed E-state index contributed by atoms with van der Waals surface area (Å²) in [7, 11) is 2.09. The van der Waals surface area contributed by atoms with E-state index in [2.05, 4.69) is 27.2 Å². The topological polar surface area (TPSA) is 58.1 Å². The summed E-state index contributed by atoms with van der Waals surface area (Å²) in [6.45, 7) is 4.91. The van der Waals surface area contributed by atoms with Gasteiger partial charge in [0.15, 0.2) is 0 Å². The normalized spacial score (nSPS) is 17.7. The van der Waals surface area contributed by atoms with E-state index in [1.165, 1.54) is 6.07 Å². The van der Waals surface area contributed by atoms with Gasteiger partial charge in [0.2, 0.25) is 0 Å². The molecule has 1 N–H and O–H groups in total. The summed E-state index contributed by atoms with van der Waals surface area (Å²) in [6.07, 6.45) is 3.97. The number of halogens is 1. The lowest BCUT2D eigenvalue weighted by Gasteiger charge is -2.21. The summed E-state index contributed by atoms with van der Waals surface area (Å²) in [5.74, 6) is 0.0516. The van der Waals surface area contributed by atoms with Gasteiger partial charge in [-0.05, 0) is 58.0 Å². The number of aryl methyl sites for hydroxylation is 2. The number of aromatic nitrogens is 2. The van der Waals surface area contributed by atoms with Gasteiger partial charge in [-0.3, -0.25) is 9.69 Å². The monoisotopic (exact) mass is 342 g/mol. The third-order valence-electron chi connectivity index (χ3n) is 4.73. The minimum Gasteiger partial charge on any atom is -0.348 e. The predicted molar refractivity (Wildman–Crippen MR) is 93.7 cm³/mol. The molecule has 1 amide bonds. The zero-order chi connectivity index (χ0) is 18.0. The maximum absolute atomic E-state index is 13.7. The summed E-state index contributed by atoms with van der Waals surface area (Å²) in [4.78, 5) is 23.5. The van der Waals surface area contributed by atoms with Crippen molar-refractivity contribution in [1.29, 1.82) is 0 Å². The second kappa shape index (κ2) is 7.27. The summed E-state index contributed by atoms with van der Waals surface area (Å²) < 4.78 is 13.7. The predicted octanol–water partition coefficient (Wildman–Crippen LogP) is 2.93. The Hall–Kier alpha value is -2.34. The molecule has 1 atom stereocenters. The van der Waals surface area contributed by atoms with Gasteiger partial charge in [-0.1, -0.05) is 6.07 Å². The minimum atomic E-state index is -0.375. The van der Waals surface area contributed by atoms with E-state index < -0.39 is 0 Å². The van der Waals surface area contributed by atoms with Crippen LogP contribution >= 0.6 is 0 Å². The van der Waals surface area contributed by atoms with Crippen LogP contribution < -0.4 is 5.32 Å². The molecule has 1 fully saturated rings. The number of benzene rings is 1. The van der Waals surface area contributed by atoms with E-state index in [1.807, 2.05) is 6.92 Å². The molecule has 0 unspecified atom stereocenters. The van der Waals surface area contributed by atoms with Crippen molar-refractivity contribution < 1.29 is 9.18 Å². The molecule has 0 bridgehead atoms. The fourth-order valence-electron chi connectivity index (χ4n) is 3.20. The number of likely N-dealkylation sites (tertiary alicyclic amines) is 1. The van der Waals surface area contributed by atoms with Crippen LogP contribution in [0.3, 0.4) is 0 Å². The fraction of sp³-hybridized carbons (Fsp3) is 0.421. The van der Waals surface area contributed by atoms with Gasteiger partial charge in [-0.2, -0.15) is 0 Å². The molecule has 0 spiro atoms. The Morgan fingerprint density at radius 3 is 2.88 bits per heavy atom. The number of nitrogens with zero attached hydrogens (tertiary/aromatic N) is 3. The van der Waals surface area contributed by atoms with Gasteiger partial charge < -0.3 is 5.32 Å². The van der Waals surface area contributed by atoms with Gasteiger partial charge in [0.1, 0.15) is 11.6 Å². The Kier molecular flexibility index (Phi) is 5.08. The van der Waals surface area contributed by atoms with Crippen molar-refractivity contribution in [2.24, 2.45) is 0 Å². The van der Waals surface area contributed by atoms with Gasteiger partial charge in [0, 0.05) is 23.9 Å². The first-order valence-electron chi connectivity index (χ1n) is 8.52.